The summed E-state index contributed by atoms with van der Waals surface area (Å²) in [6.07, 6.45) is 1.38. The van der Waals surface area contributed by atoms with Crippen molar-refractivity contribution in [2.75, 3.05) is 19.6 Å². The first-order chi connectivity index (χ1) is 10.6. The minimum atomic E-state index is -0.571. The molecule has 23 heavy (non-hydrogen) atoms. The van der Waals surface area contributed by atoms with Crippen molar-refractivity contribution in [3.05, 3.63) is 0 Å². The van der Waals surface area contributed by atoms with E-state index in [4.69, 9.17) is 4.74 Å². The van der Waals surface area contributed by atoms with Gasteiger partial charge in [-0.3, -0.25) is 4.79 Å². The molecule has 1 heterocycles. The van der Waals surface area contributed by atoms with E-state index < -0.39 is 17.7 Å². The van der Waals surface area contributed by atoms with Gasteiger partial charge in [-0.15, -0.1) is 0 Å². The number of rotatable bonds is 5. The van der Waals surface area contributed by atoms with Gasteiger partial charge in [-0.25, -0.2) is 4.79 Å². The molecule has 6 heteroatoms. The Bertz CT molecular complexity index is 396. The molecular formula is C17H33N3O3. The monoisotopic (exact) mass is 327 g/mol. The van der Waals surface area contributed by atoms with Crippen LogP contribution in [0.25, 0.3) is 0 Å². The third kappa shape index (κ3) is 6.77. The van der Waals surface area contributed by atoms with E-state index in [-0.39, 0.29) is 11.8 Å². The molecule has 0 saturated carbocycles. The van der Waals surface area contributed by atoms with Crippen molar-refractivity contribution in [2.45, 2.75) is 72.1 Å². The van der Waals surface area contributed by atoms with Crippen LogP contribution in [0.15, 0.2) is 0 Å². The normalized spacial score (nSPS) is 18.0. The maximum Gasteiger partial charge on any atom is 0.408 e. The van der Waals surface area contributed by atoms with Gasteiger partial charge in [-0.2, -0.15) is 0 Å². The van der Waals surface area contributed by atoms with E-state index in [0.717, 1.165) is 32.5 Å². The van der Waals surface area contributed by atoms with E-state index in [1.165, 1.54) is 0 Å². The molecule has 0 radical (unpaired) electrons. The van der Waals surface area contributed by atoms with Crippen molar-refractivity contribution in [2.24, 2.45) is 5.92 Å². The number of amides is 2. The quantitative estimate of drug-likeness (QED) is 0.811. The molecule has 0 aliphatic carbocycles. The van der Waals surface area contributed by atoms with Gasteiger partial charge < -0.3 is 20.3 Å². The Kier molecular flexibility index (Phi) is 7.32. The standard InChI is InChI=1S/C17H33N3O3/c1-7-18-13-8-10-20(11-9-13)15(21)14(12(2)3)19-16(22)23-17(4,5)6/h12-14,18H,7-11H2,1-6H3,(H,19,22)/t14-/m0/s1. The Hall–Kier alpha value is -1.30. The Morgan fingerprint density at radius 2 is 1.78 bits per heavy atom. The lowest BCUT2D eigenvalue weighted by Crippen LogP contribution is -2.55. The van der Waals surface area contributed by atoms with Gasteiger partial charge in [0.15, 0.2) is 0 Å². The number of nitrogens with zero attached hydrogens (tertiary/aromatic N) is 1. The summed E-state index contributed by atoms with van der Waals surface area (Å²) < 4.78 is 5.27. The second-order valence-corrected chi connectivity index (χ2v) is 7.53. The molecule has 6 nitrogen and oxygen atoms in total. The molecule has 1 aliphatic rings. The lowest BCUT2D eigenvalue weighted by Gasteiger charge is -2.35. The second-order valence-electron chi connectivity index (χ2n) is 7.53. The molecule has 1 saturated heterocycles. The predicted molar refractivity (Wildman–Crippen MR) is 91.3 cm³/mol. The molecule has 0 bridgehead atoms. The molecule has 134 valence electrons. The summed E-state index contributed by atoms with van der Waals surface area (Å²) in [6.45, 7) is 13.8. The van der Waals surface area contributed by atoms with Crippen molar-refractivity contribution >= 4 is 12.0 Å². The van der Waals surface area contributed by atoms with Gasteiger partial charge in [0.2, 0.25) is 5.91 Å². The zero-order valence-electron chi connectivity index (χ0n) is 15.4. The van der Waals surface area contributed by atoms with E-state index in [9.17, 15) is 9.59 Å². The number of alkyl carbamates (subject to hydrolysis) is 1. The Labute approximate surface area is 140 Å². The van der Waals surface area contributed by atoms with Crippen LogP contribution in [0.1, 0.15) is 54.4 Å². The zero-order chi connectivity index (χ0) is 17.6. The molecule has 2 N–H and O–H groups in total. The van der Waals surface area contributed by atoms with E-state index in [0.29, 0.717) is 6.04 Å². The molecule has 2 amide bonds. The Morgan fingerprint density at radius 1 is 1.22 bits per heavy atom. The number of ether oxygens (including phenoxy) is 1. The van der Waals surface area contributed by atoms with Gasteiger partial charge in [0.05, 0.1) is 0 Å². The first-order valence-electron chi connectivity index (χ1n) is 8.65. The maximum atomic E-state index is 12.7. The molecule has 0 spiro atoms. The molecule has 1 rings (SSSR count). The molecular weight excluding hydrogens is 294 g/mol. The highest BCUT2D eigenvalue weighted by Crippen LogP contribution is 2.15. The van der Waals surface area contributed by atoms with Crippen molar-refractivity contribution in [3.8, 4) is 0 Å². The summed E-state index contributed by atoms with van der Waals surface area (Å²) in [5, 5.41) is 6.16. The van der Waals surface area contributed by atoms with Crippen molar-refractivity contribution < 1.29 is 14.3 Å². The fourth-order valence-electron chi connectivity index (χ4n) is 2.74. The molecule has 0 aromatic rings. The SMILES string of the molecule is CCNC1CCN(C(=O)[C@@H](NC(=O)OC(C)(C)C)C(C)C)CC1. The van der Waals surface area contributed by atoms with Crippen LogP contribution in [-0.4, -0.2) is 54.2 Å². The molecule has 1 fully saturated rings. The van der Waals surface area contributed by atoms with Crippen LogP contribution < -0.4 is 10.6 Å². The van der Waals surface area contributed by atoms with Crippen molar-refractivity contribution in [1.29, 1.82) is 0 Å². The molecule has 1 aliphatic heterocycles. The molecule has 1 atom stereocenters. The molecule has 0 unspecified atom stereocenters. The van der Waals surface area contributed by atoms with Gasteiger partial charge in [0.25, 0.3) is 0 Å². The highest BCUT2D eigenvalue weighted by molar-refractivity contribution is 5.86. The summed E-state index contributed by atoms with van der Waals surface area (Å²) >= 11 is 0. The van der Waals surface area contributed by atoms with E-state index >= 15 is 0 Å². The third-order valence-corrected chi connectivity index (χ3v) is 3.90. The molecule has 0 aromatic carbocycles. The average Bonchev–Trinajstić information content (AvgIpc) is 2.43. The number of carbonyl (C=O) groups is 2. The summed E-state index contributed by atoms with van der Waals surface area (Å²) in [7, 11) is 0. The van der Waals surface area contributed by atoms with Gasteiger partial charge in [-0.05, 0) is 46.1 Å². The minimum absolute atomic E-state index is 0.0131. The second kappa shape index (κ2) is 8.52. The first-order valence-corrected chi connectivity index (χ1v) is 8.65. The lowest BCUT2D eigenvalue weighted by atomic mass is 9.99. The van der Waals surface area contributed by atoms with Crippen LogP contribution in [-0.2, 0) is 9.53 Å². The fraction of sp³-hybridized carbons (Fsp3) is 0.882. The highest BCUT2D eigenvalue weighted by Gasteiger charge is 2.32. The third-order valence-electron chi connectivity index (χ3n) is 3.90. The summed E-state index contributed by atoms with van der Waals surface area (Å²) in [5.41, 5.74) is -0.571. The number of carbonyl (C=O) groups excluding carboxylic acids is 2. The minimum Gasteiger partial charge on any atom is -0.444 e. The van der Waals surface area contributed by atoms with Crippen LogP contribution in [0.4, 0.5) is 4.79 Å². The van der Waals surface area contributed by atoms with Gasteiger partial charge in [0, 0.05) is 19.1 Å². The number of hydrogen-bond acceptors (Lipinski definition) is 4. The average molecular weight is 327 g/mol. The smallest absolute Gasteiger partial charge is 0.408 e. The summed E-state index contributed by atoms with van der Waals surface area (Å²) in [6, 6.07) is -0.0547. The highest BCUT2D eigenvalue weighted by atomic mass is 16.6. The first kappa shape index (κ1) is 19.7. The fourth-order valence-corrected chi connectivity index (χ4v) is 2.74. The summed E-state index contributed by atoms with van der Waals surface area (Å²) in [4.78, 5) is 26.6. The lowest BCUT2D eigenvalue weighted by molar-refractivity contribution is -0.135. The number of nitrogens with one attached hydrogen (secondary N) is 2. The predicted octanol–water partition coefficient (Wildman–Crippen LogP) is 2.14. The van der Waals surface area contributed by atoms with Gasteiger partial charge in [0.1, 0.15) is 11.6 Å². The number of piperidine rings is 1. The number of hydrogen-bond donors (Lipinski definition) is 2. The van der Waals surface area contributed by atoms with Crippen molar-refractivity contribution in [1.82, 2.24) is 15.5 Å². The van der Waals surface area contributed by atoms with E-state index in [1.54, 1.807) is 0 Å². The van der Waals surface area contributed by atoms with Crippen LogP contribution in [0.2, 0.25) is 0 Å². The Morgan fingerprint density at radius 3 is 2.22 bits per heavy atom. The van der Waals surface area contributed by atoms with Gasteiger partial charge in [-0.1, -0.05) is 20.8 Å². The number of likely N-dealkylation sites (tertiary alicyclic amines) is 1. The van der Waals surface area contributed by atoms with E-state index in [1.807, 2.05) is 39.5 Å². The topological polar surface area (TPSA) is 70.7 Å². The summed E-state index contributed by atoms with van der Waals surface area (Å²) in [5.74, 6) is 0.00214. The maximum absolute atomic E-state index is 12.7. The van der Waals surface area contributed by atoms with Crippen LogP contribution >= 0.6 is 0 Å². The van der Waals surface area contributed by atoms with Crippen LogP contribution in [0, 0.1) is 5.92 Å². The van der Waals surface area contributed by atoms with Crippen LogP contribution in [0.5, 0.6) is 0 Å². The molecule has 0 aromatic heterocycles. The van der Waals surface area contributed by atoms with Gasteiger partial charge >= 0.3 is 6.09 Å². The van der Waals surface area contributed by atoms with Crippen LogP contribution in [0.3, 0.4) is 0 Å². The van der Waals surface area contributed by atoms with Crippen molar-refractivity contribution in [3.63, 3.8) is 0 Å². The Balaban J connectivity index is 2.60. The van der Waals surface area contributed by atoms with E-state index in [2.05, 4.69) is 17.6 Å². The zero-order valence-corrected chi connectivity index (χ0v) is 15.4. The largest absolute Gasteiger partial charge is 0.444 e.